The van der Waals surface area contributed by atoms with Crippen LogP contribution in [0.2, 0.25) is 0 Å². The van der Waals surface area contributed by atoms with Crippen molar-refractivity contribution in [1.82, 2.24) is 15.5 Å². The second-order valence-electron chi connectivity index (χ2n) is 8.49. The van der Waals surface area contributed by atoms with Crippen LogP contribution in [0.15, 0.2) is 0 Å². The average Bonchev–Trinajstić information content (AvgIpc) is 3.24. The summed E-state index contributed by atoms with van der Waals surface area (Å²) in [6, 6.07) is -3.30. The Morgan fingerprint density at radius 1 is 1.12 bits per heavy atom. The monoisotopic (exact) mass is 473 g/mol. The van der Waals surface area contributed by atoms with Crippen LogP contribution >= 0.6 is 11.8 Å². The number of nitrogens with one attached hydrogen (secondary N) is 2. The van der Waals surface area contributed by atoms with Crippen LogP contribution in [0.1, 0.15) is 52.4 Å². The smallest absolute Gasteiger partial charge is 0.326 e. The highest BCUT2D eigenvalue weighted by molar-refractivity contribution is 7.98. The minimum atomic E-state index is -1.11. The van der Waals surface area contributed by atoms with Gasteiger partial charge >= 0.3 is 5.97 Å². The molecule has 184 valence electrons. The first kappa shape index (κ1) is 28.2. The van der Waals surface area contributed by atoms with Crippen LogP contribution in [0.5, 0.6) is 0 Å². The summed E-state index contributed by atoms with van der Waals surface area (Å²) in [7, 11) is 0. The van der Waals surface area contributed by atoms with Gasteiger partial charge in [0.15, 0.2) is 0 Å². The number of carbonyl (C=O) groups is 4. The lowest BCUT2D eigenvalue weighted by atomic mass is 10.0. The second kappa shape index (κ2) is 14.3. The number of amides is 3. The molecule has 3 amide bonds. The molecule has 0 bridgehead atoms. The molecule has 0 spiro atoms. The Morgan fingerprint density at radius 2 is 1.81 bits per heavy atom. The van der Waals surface area contributed by atoms with E-state index >= 15 is 0 Å². The molecule has 0 aromatic rings. The number of carbonyl (C=O) groups excluding carboxylic acids is 3. The maximum absolute atomic E-state index is 13.3. The topological polar surface area (TPSA) is 168 Å². The molecule has 0 radical (unpaired) electrons. The third kappa shape index (κ3) is 8.59. The van der Waals surface area contributed by atoms with E-state index < -0.39 is 42.0 Å². The lowest BCUT2D eigenvalue weighted by Crippen LogP contribution is -2.57. The van der Waals surface area contributed by atoms with E-state index in [1.54, 1.807) is 11.8 Å². The summed E-state index contributed by atoms with van der Waals surface area (Å²) in [6.45, 7) is 4.49. The van der Waals surface area contributed by atoms with E-state index in [9.17, 15) is 24.3 Å². The Hall–Kier alpha value is -1.85. The standard InChI is InChI=1S/C21H39N5O5S/c1-13(2)17(23)19(28)24-14(9-12-32-3)20(29)26-11-6-8-16(26)18(27)25-15(21(30)31)7-4-5-10-22/h13-17H,4-12,22-23H2,1-3H3,(H,24,28)(H,25,27)(H,30,31). The van der Waals surface area contributed by atoms with E-state index in [0.717, 1.165) is 0 Å². The van der Waals surface area contributed by atoms with Gasteiger partial charge in [-0.25, -0.2) is 4.79 Å². The van der Waals surface area contributed by atoms with Crippen molar-refractivity contribution in [3.05, 3.63) is 0 Å². The number of unbranched alkanes of at least 4 members (excludes halogenated alkanes) is 1. The summed E-state index contributed by atoms with van der Waals surface area (Å²) >= 11 is 1.55. The van der Waals surface area contributed by atoms with E-state index in [2.05, 4.69) is 10.6 Å². The van der Waals surface area contributed by atoms with E-state index in [1.807, 2.05) is 20.1 Å². The van der Waals surface area contributed by atoms with Gasteiger partial charge < -0.3 is 32.1 Å². The molecule has 1 rings (SSSR count). The lowest BCUT2D eigenvalue weighted by molar-refractivity contribution is -0.145. The minimum Gasteiger partial charge on any atom is -0.480 e. The van der Waals surface area contributed by atoms with Gasteiger partial charge in [0.1, 0.15) is 18.1 Å². The average molecular weight is 474 g/mol. The van der Waals surface area contributed by atoms with Gasteiger partial charge in [0.2, 0.25) is 17.7 Å². The molecule has 1 aliphatic heterocycles. The molecule has 32 heavy (non-hydrogen) atoms. The van der Waals surface area contributed by atoms with Crippen LogP contribution in [-0.4, -0.2) is 83.0 Å². The van der Waals surface area contributed by atoms with Gasteiger partial charge in [-0.2, -0.15) is 11.8 Å². The number of likely N-dealkylation sites (tertiary alicyclic amines) is 1. The van der Waals surface area contributed by atoms with Crippen molar-refractivity contribution in [2.24, 2.45) is 17.4 Å². The normalized spacial score (nSPS) is 18.8. The number of carboxylic acids is 1. The fourth-order valence-corrected chi connectivity index (χ4v) is 4.06. The van der Waals surface area contributed by atoms with Crippen molar-refractivity contribution >= 4 is 35.5 Å². The Balaban J connectivity index is 2.89. The molecular weight excluding hydrogens is 434 g/mol. The summed E-state index contributed by atoms with van der Waals surface area (Å²) in [4.78, 5) is 51.6. The molecule has 1 heterocycles. The highest BCUT2D eigenvalue weighted by Gasteiger charge is 2.39. The molecule has 1 fully saturated rings. The molecule has 10 nitrogen and oxygen atoms in total. The van der Waals surface area contributed by atoms with Crippen molar-refractivity contribution in [3.63, 3.8) is 0 Å². The number of nitrogens with zero attached hydrogens (tertiary/aromatic N) is 1. The first-order chi connectivity index (χ1) is 15.1. The molecule has 0 aromatic heterocycles. The zero-order chi connectivity index (χ0) is 24.3. The molecule has 0 aliphatic carbocycles. The van der Waals surface area contributed by atoms with Crippen LogP contribution in [0.3, 0.4) is 0 Å². The van der Waals surface area contributed by atoms with Gasteiger partial charge in [0.25, 0.3) is 0 Å². The zero-order valence-electron chi connectivity index (χ0n) is 19.3. The van der Waals surface area contributed by atoms with Crippen molar-refractivity contribution in [3.8, 4) is 0 Å². The largest absolute Gasteiger partial charge is 0.480 e. The van der Waals surface area contributed by atoms with Gasteiger partial charge in [-0.05, 0) is 63.0 Å². The quantitative estimate of drug-likeness (QED) is 0.218. The lowest BCUT2D eigenvalue weighted by Gasteiger charge is -2.30. The van der Waals surface area contributed by atoms with E-state index in [-0.39, 0.29) is 18.2 Å². The maximum atomic E-state index is 13.3. The Bertz CT molecular complexity index is 648. The fraction of sp³-hybridized carbons (Fsp3) is 0.810. The summed E-state index contributed by atoms with van der Waals surface area (Å²) < 4.78 is 0. The molecule has 4 unspecified atom stereocenters. The number of hydrogen-bond acceptors (Lipinski definition) is 7. The summed E-state index contributed by atoms with van der Waals surface area (Å²) in [6.07, 6.45) is 4.93. The highest BCUT2D eigenvalue weighted by Crippen LogP contribution is 2.20. The van der Waals surface area contributed by atoms with Crippen molar-refractivity contribution in [1.29, 1.82) is 0 Å². The molecule has 1 aliphatic rings. The van der Waals surface area contributed by atoms with Crippen LogP contribution in [-0.2, 0) is 19.2 Å². The van der Waals surface area contributed by atoms with Crippen molar-refractivity contribution in [2.75, 3.05) is 25.1 Å². The number of aliphatic carboxylic acids is 1. The SMILES string of the molecule is CSCCC(NC(=O)C(N)C(C)C)C(=O)N1CCCC1C(=O)NC(CCCCN)C(=O)O. The van der Waals surface area contributed by atoms with Crippen LogP contribution in [0, 0.1) is 5.92 Å². The number of thioether (sulfide) groups is 1. The molecule has 0 aromatic carbocycles. The second-order valence-corrected chi connectivity index (χ2v) is 9.47. The maximum Gasteiger partial charge on any atom is 0.326 e. The van der Waals surface area contributed by atoms with Crippen LogP contribution < -0.4 is 22.1 Å². The number of carboxylic acid groups (broad SMARTS) is 1. The predicted octanol–water partition coefficient (Wildman–Crippen LogP) is -0.103. The van der Waals surface area contributed by atoms with Crippen molar-refractivity contribution < 1.29 is 24.3 Å². The van der Waals surface area contributed by atoms with Gasteiger partial charge in [-0.15, -0.1) is 0 Å². The Labute approximate surface area is 194 Å². The van der Waals surface area contributed by atoms with Crippen LogP contribution in [0.25, 0.3) is 0 Å². The number of rotatable bonds is 14. The summed E-state index contributed by atoms with van der Waals surface area (Å²) in [5.74, 6) is -1.75. The first-order valence-electron chi connectivity index (χ1n) is 11.2. The first-order valence-corrected chi connectivity index (χ1v) is 12.6. The molecule has 0 saturated carbocycles. The molecular formula is C21H39N5O5S. The van der Waals surface area contributed by atoms with E-state index in [4.69, 9.17) is 11.5 Å². The number of nitrogens with two attached hydrogens (primary N) is 2. The molecule has 11 heteroatoms. The van der Waals surface area contributed by atoms with Crippen LogP contribution in [0.4, 0.5) is 0 Å². The minimum absolute atomic E-state index is 0.0798. The third-order valence-electron chi connectivity index (χ3n) is 5.65. The molecule has 4 atom stereocenters. The van der Waals surface area contributed by atoms with Gasteiger partial charge in [0.05, 0.1) is 6.04 Å². The molecule has 1 saturated heterocycles. The van der Waals surface area contributed by atoms with Crippen molar-refractivity contribution in [2.45, 2.75) is 76.5 Å². The summed E-state index contributed by atoms with van der Waals surface area (Å²) in [5.41, 5.74) is 11.4. The third-order valence-corrected chi connectivity index (χ3v) is 6.29. The van der Waals surface area contributed by atoms with Gasteiger partial charge in [0, 0.05) is 6.54 Å². The predicted molar refractivity (Wildman–Crippen MR) is 125 cm³/mol. The van der Waals surface area contributed by atoms with E-state index in [0.29, 0.717) is 50.9 Å². The highest BCUT2D eigenvalue weighted by atomic mass is 32.2. The van der Waals surface area contributed by atoms with Gasteiger partial charge in [-0.3, -0.25) is 14.4 Å². The zero-order valence-corrected chi connectivity index (χ0v) is 20.2. The number of hydrogen-bond donors (Lipinski definition) is 5. The fourth-order valence-electron chi connectivity index (χ4n) is 3.59. The molecule has 7 N–H and O–H groups in total. The van der Waals surface area contributed by atoms with E-state index in [1.165, 1.54) is 4.90 Å². The Morgan fingerprint density at radius 3 is 2.38 bits per heavy atom. The Kier molecular flexibility index (Phi) is 12.6. The van der Waals surface area contributed by atoms with Gasteiger partial charge in [-0.1, -0.05) is 13.8 Å². The summed E-state index contributed by atoms with van der Waals surface area (Å²) in [5, 5.41) is 14.8.